The molecule has 76 valence electrons. The highest BCUT2D eigenvalue weighted by Gasteiger charge is 2.09. The second kappa shape index (κ2) is 5.77. The average Bonchev–Trinajstić information content (AvgIpc) is 2.19. The maximum atomic E-state index is 8.83. The summed E-state index contributed by atoms with van der Waals surface area (Å²) in [5.41, 5.74) is 1.44. The summed E-state index contributed by atoms with van der Waals surface area (Å²) >= 11 is 0. The molecule has 2 N–H and O–H groups in total. The largest absolute Gasteiger partial charge is 0.488 e. The second-order valence-electron chi connectivity index (χ2n) is 2.87. The summed E-state index contributed by atoms with van der Waals surface area (Å²) < 4.78 is 9.85. The predicted molar refractivity (Wildman–Crippen MR) is 52.9 cm³/mol. The molecule has 1 aromatic rings. The topological polar surface area (TPSA) is 58.9 Å². The van der Waals surface area contributed by atoms with Crippen molar-refractivity contribution in [3.63, 3.8) is 0 Å². The molecule has 0 fully saturated rings. The Morgan fingerprint density at radius 1 is 1.21 bits per heavy atom. The predicted octanol–water partition coefficient (Wildman–Crippen LogP) is -0.513. The molecule has 0 saturated carbocycles. The minimum absolute atomic E-state index is 0.254. The lowest BCUT2D eigenvalue weighted by atomic mass is 9.80. The normalized spacial score (nSPS) is 10.2. The molecule has 5 heteroatoms. The van der Waals surface area contributed by atoms with E-state index in [1.807, 2.05) is 0 Å². The lowest BCUT2D eigenvalue weighted by Crippen LogP contribution is -2.29. The molecule has 1 rings (SSSR count). The Labute approximate surface area is 83.2 Å². The van der Waals surface area contributed by atoms with E-state index in [2.05, 4.69) is 0 Å². The summed E-state index contributed by atoms with van der Waals surface area (Å²) in [6, 6.07) is 6.86. The quantitative estimate of drug-likeness (QED) is 0.378. The smallest absolute Gasteiger partial charge is 0.423 e. The lowest BCUT2D eigenvalue weighted by molar-refractivity contribution is -0.0390. The van der Waals surface area contributed by atoms with Crippen LogP contribution in [-0.4, -0.2) is 31.1 Å². The van der Waals surface area contributed by atoms with Crippen LogP contribution in [0.2, 0.25) is 0 Å². The molecular formula is C9H13BO4. The summed E-state index contributed by atoms with van der Waals surface area (Å²) in [4.78, 5) is 0. The maximum absolute atomic E-state index is 8.83. The Hall–Kier alpha value is -0.875. The van der Waals surface area contributed by atoms with Crippen molar-refractivity contribution >= 4 is 12.6 Å². The van der Waals surface area contributed by atoms with Crippen molar-refractivity contribution in [1.29, 1.82) is 0 Å². The van der Waals surface area contributed by atoms with Crippen molar-refractivity contribution in [3.8, 4) is 0 Å². The number of hydrogen-bond donors (Lipinski definition) is 2. The molecule has 0 atom stereocenters. The van der Waals surface area contributed by atoms with Crippen LogP contribution in [0.5, 0.6) is 0 Å². The Morgan fingerprint density at radius 2 is 1.86 bits per heavy atom. The third-order valence-electron chi connectivity index (χ3n) is 1.75. The van der Waals surface area contributed by atoms with Crippen LogP contribution in [0.3, 0.4) is 0 Å². The van der Waals surface area contributed by atoms with Gasteiger partial charge in [0.2, 0.25) is 0 Å². The van der Waals surface area contributed by atoms with Crippen LogP contribution in [0.25, 0.3) is 0 Å². The van der Waals surface area contributed by atoms with E-state index in [1.54, 1.807) is 31.4 Å². The molecule has 1 aromatic carbocycles. The molecule has 0 saturated heterocycles. The molecule has 0 aromatic heterocycles. The van der Waals surface area contributed by atoms with Crippen LogP contribution in [0.1, 0.15) is 5.56 Å². The number of methoxy groups -OCH3 is 1. The highest BCUT2D eigenvalue weighted by Crippen LogP contribution is 1.99. The van der Waals surface area contributed by atoms with Crippen LogP contribution in [-0.2, 0) is 16.1 Å². The average molecular weight is 196 g/mol. The van der Waals surface area contributed by atoms with Crippen LogP contribution in [0.15, 0.2) is 24.3 Å². The highest BCUT2D eigenvalue weighted by molar-refractivity contribution is 6.58. The van der Waals surface area contributed by atoms with Gasteiger partial charge in [-0.05, 0) is 11.0 Å². The third kappa shape index (κ3) is 3.47. The molecule has 0 spiro atoms. The molecule has 0 amide bonds. The zero-order chi connectivity index (χ0) is 10.4. The van der Waals surface area contributed by atoms with Crippen LogP contribution in [0, 0.1) is 0 Å². The van der Waals surface area contributed by atoms with E-state index < -0.39 is 7.12 Å². The van der Waals surface area contributed by atoms with Gasteiger partial charge < -0.3 is 19.5 Å². The minimum atomic E-state index is -1.41. The van der Waals surface area contributed by atoms with E-state index in [0.717, 1.165) is 5.56 Å². The number of hydrogen-bond acceptors (Lipinski definition) is 4. The van der Waals surface area contributed by atoms with Crippen molar-refractivity contribution in [2.75, 3.05) is 13.9 Å². The zero-order valence-corrected chi connectivity index (χ0v) is 8.01. The monoisotopic (exact) mass is 196 g/mol. The summed E-state index contributed by atoms with van der Waals surface area (Å²) in [6.07, 6.45) is 0. The summed E-state index contributed by atoms with van der Waals surface area (Å²) in [5.74, 6) is 0. The summed E-state index contributed by atoms with van der Waals surface area (Å²) in [5, 5.41) is 17.7. The van der Waals surface area contributed by atoms with Crippen molar-refractivity contribution in [3.05, 3.63) is 29.8 Å². The Bertz CT molecular complexity index is 260. The molecule has 0 aliphatic rings. The number of ether oxygens (including phenoxy) is 2. The van der Waals surface area contributed by atoms with Gasteiger partial charge in [-0.25, -0.2) is 0 Å². The first-order valence-corrected chi connectivity index (χ1v) is 4.25. The van der Waals surface area contributed by atoms with Crippen molar-refractivity contribution in [2.45, 2.75) is 6.61 Å². The van der Waals surface area contributed by atoms with Gasteiger partial charge in [0, 0.05) is 7.11 Å². The zero-order valence-electron chi connectivity index (χ0n) is 8.01. The fourth-order valence-corrected chi connectivity index (χ4v) is 1.03. The lowest BCUT2D eigenvalue weighted by Gasteiger charge is -2.04. The Morgan fingerprint density at radius 3 is 2.36 bits per heavy atom. The second-order valence-corrected chi connectivity index (χ2v) is 2.87. The molecule has 14 heavy (non-hydrogen) atoms. The standard InChI is InChI=1S/C9H13BO4/c1-13-7-14-6-8-2-4-9(5-3-8)10(11)12/h2-5,11-12H,6-7H2,1H3. The molecular weight excluding hydrogens is 183 g/mol. The van der Waals surface area contributed by atoms with Crippen LogP contribution in [0.4, 0.5) is 0 Å². The molecule has 0 heterocycles. The highest BCUT2D eigenvalue weighted by atomic mass is 16.7. The van der Waals surface area contributed by atoms with Gasteiger partial charge in [0.05, 0.1) is 6.61 Å². The van der Waals surface area contributed by atoms with E-state index in [4.69, 9.17) is 19.5 Å². The first-order valence-electron chi connectivity index (χ1n) is 4.25. The fraction of sp³-hybridized carbons (Fsp3) is 0.333. The van der Waals surface area contributed by atoms with Gasteiger partial charge in [-0.3, -0.25) is 0 Å². The van der Waals surface area contributed by atoms with Crippen molar-refractivity contribution in [1.82, 2.24) is 0 Å². The molecule has 0 bridgehead atoms. The van der Waals surface area contributed by atoms with Crippen molar-refractivity contribution in [2.24, 2.45) is 0 Å². The van der Waals surface area contributed by atoms with Gasteiger partial charge in [0.25, 0.3) is 0 Å². The fourth-order valence-electron chi connectivity index (χ4n) is 1.03. The van der Waals surface area contributed by atoms with E-state index in [9.17, 15) is 0 Å². The van der Waals surface area contributed by atoms with E-state index in [0.29, 0.717) is 12.1 Å². The van der Waals surface area contributed by atoms with Gasteiger partial charge >= 0.3 is 7.12 Å². The maximum Gasteiger partial charge on any atom is 0.488 e. The van der Waals surface area contributed by atoms with Crippen molar-refractivity contribution < 1.29 is 19.5 Å². The van der Waals surface area contributed by atoms with Gasteiger partial charge in [0.1, 0.15) is 6.79 Å². The summed E-state index contributed by atoms with van der Waals surface area (Å²) in [7, 11) is 0.148. The van der Waals surface area contributed by atoms with Crippen LogP contribution < -0.4 is 5.46 Å². The number of rotatable bonds is 5. The summed E-state index contributed by atoms with van der Waals surface area (Å²) in [6.45, 7) is 0.708. The van der Waals surface area contributed by atoms with Gasteiger partial charge in [-0.1, -0.05) is 24.3 Å². The first kappa shape index (κ1) is 11.2. The SMILES string of the molecule is COCOCc1ccc(B(O)O)cc1. The third-order valence-corrected chi connectivity index (χ3v) is 1.75. The van der Waals surface area contributed by atoms with Gasteiger partial charge in [0.15, 0.2) is 0 Å². The van der Waals surface area contributed by atoms with Gasteiger partial charge in [-0.2, -0.15) is 0 Å². The van der Waals surface area contributed by atoms with Gasteiger partial charge in [-0.15, -0.1) is 0 Å². The van der Waals surface area contributed by atoms with E-state index in [1.165, 1.54) is 0 Å². The molecule has 0 unspecified atom stereocenters. The molecule has 0 aliphatic heterocycles. The molecule has 0 aliphatic carbocycles. The van der Waals surface area contributed by atoms with E-state index >= 15 is 0 Å². The van der Waals surface area contributed by atoms with Crippen LogP contribution >= 0.6 is 0 Å². The first-order chi connectivity index (χ1) is 6.74. The Kier molecular flexibility index (Phi) is 4.62. The molecule has 4 nitrogen and oxygen atoms in total. The molecule has 0 radical (unpaired) electrons. The number of benzene rings is 1. The minimum Gasteiger partial charge on any atom is -0.423 e. The Balaban J connectivity index is 2.47. The van der Waals surface area contributed by atoms with E-state index in [-0.39, 0.29) is 6.79 Å².